The zero-order valence-electron chi connectivity index (χ0n) is 55.0. The number of fused-ring (bicyclic) bond motifs is 9. The molecule has 6 N–H and O–H groups in total. The lowest BCUT2D eigenvalue weighted by Gasteiger charge is -2.63. The summed E-state index contributed by atoms with van der Waals surface area (Å²) in [5, 5.41) is 29.2. The van der Waals surface area contributed by atoms with Crippen LogP contribution in [0.4, 0.5) is 5.69 Å². The van der Waals surface area contributed by atoms with E-state index in [4.69, 9.17) is 43.6 Å². The van der Waals surface area contributed by atoms with Crippen molar-refractivity contribution in [3.05, 3.63) is 117 Å². The molecule has 1 aromatic heterocycles. The van der Waals surface area contributed by atoms with Crippen molar-refractivity contribution in [1.82, 2.24) is 20.1 Å². The summed E-state index contributed by atoms with van der Waals surface area (Å²) in [4.78, 5) is 91.1. The number of ether oxygens (including phenoxy) is 8. The molecule has 3 fully saturated rings. The fourth-order valence-corrected chi connectivity index (χ4v) is 17.2. The van der Waals surface area contributed by atoms with E-state index in [1.807, 2.05) is 62.4 Å². The van der Waals surface area contributed by atoms with Crippen molar-refractivity contribution < 1.29 is 72.1 Å². The molecular formula is C70H86N6O16S. The first-order valence-corrected chi connectivity index (χ1v) is 31.9. The summed E-state index contributed by atoms with van der Waals surface area (Å²) in [5.74, 6) is -0.460. The molecule has 22 nitrogen and oxygen atoms in total. The largest absolute Gasteiger partial charge is 0.496 e. The number of anilines is 1. The summed E-state index contributed by atoms with van der Waals surface area (Å²) in [6.07, 6.45) is 7.10. The number of H-pyrrole nitrogens is 1. The lowest BCUT2D eigenvalue weighted by molar-refractivity contribution is -0.228. The van der Waals surface area contributed by atoms with Crippen LogP contribution in [-0.4, -0.2) is 172 Å². The standard InChI is InChI=1S/C46H56N4O10.C22H25NO6.C2H5NS/c1-7-42(55)22-28-23-45(40(53)58-5,36-30(14-18-48(24-28)25-42)29-12-9-10-13-33(29)47-36)32-20-31-34(21-35(32)57-4)50(26-51)38-44(31)16-19-49-17-11-15-43(8-2,37(44)49)39(60-27(3)52)46(38,56)41(54)59-6;1-12(24)23-16-8-6-13-10-19(27-3)21(28-4)22(29-5)20(13)14-7-9-18(26-2)17(25)11-15(14)16;1-2(3)4/h9-13,15,20-21,26,28,37-39,47,55-56H,7-8,14,16-19,22-25H2,1-6H3;7,9-11,16H,6,8H2,1-5H3,(H,23,24);1H3,(H2,3,4)/t28-,37+,38-,39-,42+,43-,44-,45+,46+;16-;/m10./s1. The molecule has 23 heteroatoms. The van der Waals surface area contributed by atoms with E-state index in [1.165, 1.54) is 53.3 Å². The molecule has 2 bridgehead atoms. The lowest BCUT2D eigenvalue weighted by Crippen LogP contribution is -2.81. The molecule has 6 heterocycles. The summed E-state index contributed by atoms with van der Waals surface area (Å²) < 4.78 is 45.7. The predicted molar refractivity (Wildman–Crippen MR) is 352 cm³/mol. The van der Waals surface area contributed by atoms with E-state index >= 15 is 4.79 Å². The first-order chi connectivity index (χ1) is 44.4. The van der Waals surface area contributed by atoms with Gasteiger partial charge < -0.3 is 69.0 Å². The number of aryl methyl sites for hydroxylation is 1. The summed E-state index contributed by atoms with van der Waals surface area (Å²) in [7, 11) is 10.2. The van der Waals surface area contributed by atoms with Crippen LogP contribution in [-0.2, 0) is 61.9 Å². The Morgan fingerprint density at radius 1 is 0.806 bits per heavy atom. The first kappa shape index (κ1) is 67.8. The second-order valence-electron chi connectivity index (χ2n) is 25.5. The van der Waals surface area contributed by atoms with Crippen molar-refractivity contribution >= 4 is 64.0 Å². The van der Waals surface area contributed by atoms with E-state index in [-0.39, 0.29) is 35.5 Å². The molecule has 4 aromatic carbocycles. The molecule has 1 spiro atoms. The van der Waals surface area contributed by atoms with Gasteiger partial charge >= 0.3 is 17.9 Å². The van der Waals surface area contributed by atoms with Gasteiger partial charge in [0.05, 0.1) is 78.1 Å². The molecule has 1 saturated carbocycles. The number of aromatic nitrogens is 1. The molecular weight excluding hydrogens is 1210 g/mol. The van der Waals surface area contributed by atoms with Crippen molar-refractivity contribution in [3.8, 4) is 39.9 Å². The Kier molecular flexibility index (Phi) is 19.2. The maximum Gasteiger partial charge on any atom is 0.344 e. The first-order valence-electron chi connectivity index (χ1n) is 31.5. The van der Waals surface area contributed by atoms with Gasteiger partial charge in [-0.3, -0.25) is 33.8 Å². The van der Waals surface area contributed by atoms with Crippen LogP contribution in [0.3, 0.4) is 0 Å². The summed E-state index contributed by atoms with van der Waals surface area (Å²) in [5.41, 5.74) is 4.70. The van der Waals surface area contributed by atoms with E-state index in [0.29, 0.717) is 140 Å². The van der Waals surface area contributed by atoms with Gasteiger partial charge in [0.1, 0.15) is 11.2 Å². The highest BCUT2D eigenvalue weighted by Crippen LogP contribution is 2.68. The number of nitrogens with one attached hydrogen (secondary N) is 2. The number of esters is 3. The molecule has 12 rings (SSSR count). The number of para-hydroxylation sites is 1. The molecule has 0 radical (unpaired) electrons. The van der Waals surface area contributed by atoms with Gasteiger partial charge in [-0.05, 0) is 129 Å². The number of hydrogen-bond acceptors (Lipinski definition) is 19. The van der Waals surface area contributed by atoms with Gasteiger partial charge in [-0.15, -0.1) is 0 Å². The Morgan fingerprint density at radius 3 is 2.13 bits per heavy atom. The highest BCUT2D eigenvalue weighted by Gasteiger charge is 2.81. The van der Waals surface area contributed by atoms with E-state index in [1.54, 1.807) is 40.4 Å². The zero-order valence-corrected chi connectivity index (χ0v) is 55.8. The molecule has 5 aromatic rings. The van der Waals surface area contributed by atoms with Gasteiger partial charge in [0.15, 0.2) is 23.4 Å². The summed E-state index contributed by atoms with van der Waals surface area (Å²) in [6.45, 7) is 11.3. The van der Waals surface area contributed by atoms with Gasteiger partial charge in [0.2, 0.25) is 29.1 Å². The number of carbonyl (C=O) groups is 5. The van der Waals surface area contributed by atoms with Crippen LogP contribution in [0.5, 0.6) is 28.7 Å². The van der Waals surface area contributed by atoms with Gasteiger partial charge in [0, 0.05) is 90.7 Å². The number of piperidine rings is 1. The SMILES string of the molecule is CC(N)=S.CC[C@]1(O)C[C@H]2C[N@](CCc3c([nH]c4ccccc34)[C@@](C(=O)OC)(c3cc4c(cc3OC)N(C=O)[C@H]3[C@@](O)(C(=O)OC)[C@H](OC(C)=O)[C@]5(CC)C=CCN6CC[C@]43[C@@H]65)C2)C1.COc1cc2c(c(OC)c1OC)-c1ccc(OC)c(=O)cc1[C@@H](NC(C)=O)CC2. The average molecular weight is 1300 g/mol. The molecule has 93 heavy (non-hydrogen) atoms. The van der Waals surface area contributed by atoms with Gasteiger partial charge in [-0.25, -0.2) is 4.79 Å². The fraction of sp³-hybridized carbons (Fsp3) is 0.500. The van der Waals surface area contributed by atoms with Crippen LogP contribution >= 0.6 is 12.2 Å². The fourth-order valence-electron chi connectivity index (χ4n) is 17.2. The van der Waals surface area contributed by atoms with E-state index in [0.717, 1.165) is 33.2 Å². The minimum Gasteiger partial charge on any atom is -0.496 e. The predicted octanol–water partition coefficient (Wildman–Crippen LogP) is 6.68. The highest BCUT2D eigenvalue weighted by atomic mass is 32.1. The van der Waals surface area contributed by atoms with E-state index in [2.05, 4.69) is 38.4 Å². The Labute approximate surface area is 546 Å². The van der Waals surface area contributed by atoms with Crippen molar-refractivity contribution in [2.24, 2.45) is 17.1 Å². The normalized spacial score (nSPS) is 28.4. The number of methoxy groups -OCH3 is 7. The van der Waals surface area contributed by atoms with Crippen LogP contribution in [0.15, 0.2) is 77.6 Å². The van der Waals surface area contributed by atoms with Crippen LogP contribution < -0.4 is 45.1 Å². The van der Waals surface area contributed by atoms with Crippen molar-refractivity contribution in [3.63, 3.8) is 0 Å². The number of amides is 2. The van der Waals surface area contributed by atoms with Crippen LogP contribution in [0.2, 0.25) is 0 Å². The maximum absolute atomic E-state index is 15.3. The van der Waals surface area contributed by atoms with Crippen LogP contribution in [0, 0.1) is 11.3 Å². The molecule has 11 atom stereocenters. The van der Waals surface area contributed by atoms with Crippen molar-refractivity contribution in [2.45, 2.75) is 132 Å². The third-order valence-corrected chi connectivity index (χ3v) is 20.6. The Balaban J connectivity index is 0.000000239. The quantitative estimate of drug-likeness (QED) is 0.0270. The monoisotopic (exact) mass is 1300 g/mol. The number of rotatable bonds is 13. The molecule has 2 amide bonds. The van der Waals surface area contributed by atoms with Crippen molar-refractivity contribution in [2.75, 3.05) is 87.4 Å². The minimum atomic E-state index is -2.53. The highest BCUT2D eigenvalue weighted by molar-refractivity contribution is 7.80. The second kappa shape index (κ2) is 26.4. The zero-order chi connectivity index (χ0) is 67.3. The number of aromatic amines is 1. The number of nitrogens with two attached hydrogens (primary N) is 1. The molecule has 5 aliphatic heterocycles. The van der Waals surface area contributed by atoms with E-state index < -0.39 is 63.5 Å². The Morgan fingerprint density at radius 2 is 1.51 bits per heavy atom. The van der Waals surface area contributed by atoms with Crippen LogP contribution in [0.1, 0.15) is 113 Å². The maximum atomic E-state index is 15.3. The molecule has 2 aliphatic carbocycles. The average Bonchev–Trinajstić information content (AvgIpc) is 1.51. The third-order valence-electron chi connectivity index (χ3n) is 20.6. The molecule has 7 aliphatic rings. The second-order valence-corrected chi connectivity index (χ2v) is 26.1. The van der Waals surface area contributed by atoms with E-state index in [9.17, 15) is 34.2 Å². The number of carbonyl (C=O) groups excluding carboxylic acids is 5. The van der Waals surface area contributed by atoms with Crippen molar-refractivity contribution in [1.29, 1.82) is 0 Å². The third kappa shape index (κ3) is 11.0. The van der Waals surface area contributed by atoms with Crippen LogP contribution in [0.25, 0.3) is 22.0 Å². The number of aliphatic hydroxyl groups is 2. The van der Waals surface area contributed by atoms with Gasteiger partial charge in [-0.1, -0.05) is 62.5 Å². The minimum absolute atomic E-state index is 0.155. The summed E-state index contributed by atoms with van der Waals surface area (Å²) in [6, 6.07) is 16.5. The lowest BCUT2D eigenvalue weighted by atomic mass is 9.47. The topological polar surface area (TPSA) is 280 Å². The number of thiocarbonyl (C=S) groups is 1. The smallest absolute Gasteiger partial charge is 0.344 e. The summed E-state index contributed by atoms with van der Waals surface area (Å²) >= 11 is 4.31. The van der Waals surface area contributed by atoms with Gasteiger partial charge in [0.25, 0.3) is 0 Å². The van der Waals surface area contributed by atoms with Gasteiger partial charge in [-0.2, -0.15) is 0 Å². The number of nitrogens with zero attached hydrogens (tertiary/aromatic N) is 3. The Bertz CT molecular complexity index is 3870. The number of benzene rings is 3. The Hall–Kier alpha value is -8.09. The number of hydrogen-bond donors (Lipinski definition) is 5. The molecule has 498 valence electrons. The molecule has 0 unspecified atom stereocenters. The molecule has 2 saturated heterocycles.